The maximum Gasteiger partial charge on any atom is 0.409 e. The lowest BCUT2D eigenvalue weighted by Crippen LogP contribution is -2.40. The number of unbranched alkanes of at least 4 members (excludes halogenated alkanes) is 1. The molecular weight excluding hydrogens is 268 g/mol. The van der Waals surface area contributed by atoms with Gasteiger partial charge in [0.2, 0.25) is 0 Å². The Morgan fingerprint density at radius 2 is 2.24 bits per heavy atom. The number of hydrogen-bond acceptors (Lipinski definition) is 4. The summed E-state index contributed by atoms with van der Waals surface area (Å²) in [4.78, 5) is 17.7. The quantitative estimate of drug-likeness (QED) is 0.690. The number of amides is 1. The number of hydrogen-bond donors (Lipinski definition) is 0. The summed E-state index contributed by atoms with van der Waals surface area (Å²) in [7, 11) is 1.82. The lowest BCUT2D eigenvalue weighted by Gasteiger charge is -2.27. The van der Waals surface area contributed by atoms with Gasteiger partial charge in [-0.25, -0.2) is 4.79 Å². The SMILES string of the molecule is CCCCOC(=O)N(C)C1(CCOc2cccnc2)CC1. The highest BCUT2D eigenvalue weighted by molar-refractivity contribution is 5.69. The summed E-state index contributed by atoms with van der Waals surface area (Å²) in [5.41, 5.74) is -0.0779. The molecule has 0 N–H and O–H groups in total. The Morgan fingerprint density at radius 1 is 1.43 bits per heavy atom. The molecule has 5 nitrogen and oxygen atoms in total. The molecule has 0 aromatic carbocycles. The zero-order chi connectivity index (χ0) is 15.1. The predicted molar refractivity (Wildman–Crippen MR) is 80.3 cm³/mol. The Balaban J connectivity index is 1.75. The van der Waals surface area contributed by atoms with E-state index in [0.717, 1.165) is 37.9 Å². The highest BCUT2D eigenvalue weighted by Gasteiger charge is 2.48. The van der Waals surface area contributed by atoms with Gasteiger partial charge in [0, 0.05) is 25.2 Å². The normalized spacial score (nSPS) is 15.3. The van der Waals surface area contributed by atoms with Gasteiger partial charge in [0.05, 0.1) is 19.4 Å². The first-order valence-electron chi connectivity index (χ1n) is 7.61. The fourth-order valence-corrected chi connectivity index (χ4v) is 2.28. The van der Waals surface area contributed by atoms with Crippen molar-refractivity contribution in [2.75, 3.05) is 20.3 Å². The summed E-state index contributed by atoms with van der Waals surface area (Å²) in [6.07, 6.45) is 7.99. The van der Waals surface area contributed by atoms with E-state index in [1.807, 2.05) is 19.2 Å². The van der Waals surface area contributed by atoms with E-state index in [1.165, 1.54) is 0 Å². The molecule has 0 bridgehead atoms. The van der Waals surface area contributed by atoms with E-state index in [4.69, 9.17) is 9.47 Å². The molecule has 0 spiro atoms. The molecule has 1 amide bonds. The summed E-state index contributed by atoms with van der Waals surface area (Å²) in [5.74, 6) is 0.765. The Bertz CT molecular complexity index is 446. The van der Waals surface area contributed by atoms with Crippen molar-refractivity contribution >= 4 is 6.09 Å². The molecule has 1 fully saturated rings. The van der Waals surface area contributed by atoms with Crippen molar-refractivity contribution in [2.24, 2.45) is 0 Å². The zero-order valence-electron chi connectivity index (χ0n) is 12.9. The molecule has 0 saturated heterocycles. The topological polar surface area (TPSA) is 51.7 Å². The molecule has 5 heteroatoms. The van der Waals surface area contributed by atoms with Crippen LogP contribution in [0.2, 0.25) is 0 Å². The van der Waals surface area contributed by atoms with Gasteiger partial charge in [0.25, 0.3) is 0 Å². The van der Waals surface area contributed by atoms with Crippen LogP contribution in [0.5, 0.6) is 5.75 Å². The van der Waals surface area contributed by atoms with E-state index in [1.54, 1.807) is 17.3 Å². The van der Waals surface area contributed by atoms with Gasteiger partial charge in [0.1, 0.15) is 5.75 Å². The second-order valence-corrected chi connectivity index (χ2v) is 5.54. The van der Waals surface area contributed by atoms with E-state index in [9.17, 15) is 4.79 Å². The van der Waals surface area contributed by atoms with Crippen LogP contribution in [0.3, 0.4) is 0 Å². The predicted octanol–water partition coefficient (Wildman–Crippen LogP) is 3.25. The number of carbonyl (C=O) groups excluding carboxylic acids is 1. The van der Waals surface area contributed by atoms with Gasteiger partial charge in [0.15, 0.2) is 0 Å². The summed E-state index contributed by atoms with van der Waals surface area (Å²) in [6, 6.07) is 3.73. The molecule has 0 aliphatic heterocycles. The van der Waals surface area contributed by atoms with Gasteiger partial charge in [-0.05, 0) is 31.4 Å². The van der Waals surface area contributed by atoms with Gasteiger partial charge < -0.3 is 14.4 Å². The highest BCUT2D eigenvalue weighted by atomic mass is 16.6. The van der Waals surface area contributed by atoms with Crippen LogP contribution in [0.15, 0.2) is 24.5 Å². The summed E-state index contributed by atoms with van der Waals surface area (Å²) in [5, 5.41) is 0. The van der Waals surface area contributed by atoms with Gasteiger partial charge in [-0.15, -0.1) is 0 Å². The van der Waals surface area contributed by atoms with E-state index in [0.29, 0.717) is 13.2 Å². The van der Waals surface area contributed by atoms with Crippen LogP contribution in [-0.4, -0.2) is 41.8 Å². The Morgan fingerprint density at radius 3 is 2.86 bits per heavy atom. The minimum atomic E-state index is -0.220. The fraction of sp³-hybridized carbons (Fsp3) is 0.625. The van der Waals surface area contributed by atoms with Gasteiger partial charge in [-0.1, -0.05) is 13.3 Å². The van der Waals surface area contributed by atoms with E-state index in [2.05, 4.69) is 11.9 Å². The minimum Gasteiger partial charge on any atom is -0.492 e. The van der Waals surface area contributed by atoms with E-state index in [-0.39, 0.29) is 11.6 Å². The molecule has 1 heterocycles. The average Bonchev–Trinajstić information content (AvgIpc) is 3.29. The van der Waals surface area contributed by atoms with Crippen molar-refractivity contribution in [1.29, 1.82) is 0 Å². The van der Waals surface area contributed by atoms with Gasteiger partial charge >= 0.3 is 6.09 Å². The van der Waals surface area contributed by atoms with Crippen molar-refractivity contribution < 1.29 is 14.3 Å². The average molecular weight is 292 g/mol. The van der Waals surface area contributed by atoms with Crippen LogP contribution in [0, 0.1) is 0 Å². The number of aromatic nitrogens is 1. The molecule has 0 radical (unpaired) electrons. The van der Waals surface area contributed by atoms with Crippen molar-refractivity contribution in [3.63, 3.8) is 0 Å². The van der Waals surface area contributed by atoms with Crippen molar-refractivity contribution in [3.05, 3.63) is 24.5 Å². The van der Waals surface area contributed by atoms with Gasteiger partial charge in [-0.2, -0.15) is 0 Å². The summed E-state index contributed by atoms with van der Waals surface area (Å²) < 4.78 is 10.9. The monoisotopic (exact) mass is 292 g/mol. The van der Waals surface area contributed by atoms with Crippen LogP contribution in [0.1, 0.15) is 39.0 Å². The standard InChI is InChI=1S/C16H24N2O3/c1-3-4-11-21-15(19)18(2)16(7-8-16)9-12-20-14-6-5-10-17-13-14/h5-6,10,13H,3-4,7-9,11-12H2,1-2H3. The van der Waals surface area contributed by atoms with E-state index >= 15 is 0 Å². The van der Waals surface area contributed by atoms with Crippen molar-refractivity contribution in [3.8, 4) is 5.75 Å². The van der Waals surface area contributed by atoms with Crippen LogP contribution in [0.4, 0.5) is 4.79 Å². The van der Waals surface area contributed by atoms with Crippen LogP contribution >= 0.6 is 0 Å². The Hall–Kier alpha value is -1.78. The maximum atomic E-state index is 12.0. The van der Waals surface area contributed by atoms with E-state index < -0.39 is 0 Å². The molecular formula is C16H24N2O3. The minimum absolute atomic E-state index is 0.0779. The smallest absolute Gasteiger partial charge is 0.409 e. The van der Waals surface area contributed by atoms with Gasteiger partial charge in [-0.3, -0.25) is 4.98 Å². The number of ether oxygens (including phenoxy) is 2. The lowest BCUT2D eigenvalue weighted by molar-refractivity contribution is 0.0851. The maximum absolute atomic E-state index is 12.0. The molecule has 21 heavy (non-hydrogen) atoms. The molecule has 2 rings (SSSR count). The second kappa shape index (κ2) is 7.29. The number of rotatable bonds is 8. The fourth-order valence-electron chi connectivity index (χ4n) is 2.28. The third-order valence-electron chi connectivity index (χ3n) is 4.01. The second-order valence-electron chi connectivity index (χ2n) is 5.54. The third-order valence-corrected chi connectivity index (χ3v) is 4.01. The number of carbonyl (C=O) groups is 1. The molecule has 1 aromatic heterocycles. The first-order valence-corrected chi connectivity index (χ1v) is 7.61. The molecule has 116 valence electrons. The van der Waals surface area contributed by atoms with Crippen molar-refractivity contribution in [1.82, 2.24) is 9.88 Å². The lowest BCUT2D eigenvalue weighted by atomic mass is 10.1. The molecule has 1 aliphatic rings. The number of nitrogens with zero attached hydrogens (tertiary/aromatic N) is 2. The van der Waals surface area contributed by atoms with Crippen molar-refractivity contribution in [2.45, 2.75) is 44.6 Å². The first kappa shape index (κ1) is 15.6. The Kier molecular flexibility index (Phi) is 5.42. The largest absolute Gasteiger partial charge is 0.492 e. The highest BCUT2D eigenvalue weighted by Crippen LogP contribution is 2.44. The number of pyridine rings is 1. The first-order chi connectivity index (χ1) is 10.2. The molecule has 1 aromatic rings. The van der Waals surface area contributed by atoms with Crippen LogP contribution < -0.4 is 4.74 Å². The summed E-state index contributed by atoms with van der Waals surface area (Å²) in [6.45, 7) is 3.16. The molecule has 1 saturated carbocycles. The molecule has 1 aliphatic carbocycles. The summed E-state index contributed by atoms with van der Waals surface area (Å²) >= 11 is 0. The van der Waals surface area contributed by atoms with Crippen LogP contribution in [0.25, 0.3) is 0 Å². The van der Waals surface area contributed by atoms with Crippen LogP contribution in [-0.2, 0) is 4.74 Å². The molecule has 0 atom stereocenters. The zero-order valence-corrected chi connectivity index (χ0v) is 12.9. The Labute approximate surface area is 126 Å². The molecule has 0 unspecified atom stereocenters. The third kappa shape index (κ3) is 4.34.